The van der Waals surface area contributed by atoms with Crippen molar-refractivity contribution in [2.75, 3.05) is 26.2 Å². The first-order chi connectivity index (χ1) is 19.0. The first-order valence-electron chi connectivity index (χ1n) is 13.6. The highest BCUT2D eigenvalue weighted by molar-refractivity contribution is 9.10. The molecule has 4 rings (SSSR count). The fourth-order valence-electron chi connectivity index (χ4n) is 4.98. The van der Waals surface area contributed by atoms with Crippen molar-refractivity contribution in [1.29, 1.82) is 0 Å². The van der Waals surface area contributed by atoms with Gasteiger partial charge in [-0.25, -0.2) is 0 Å². The molecule has 1 saturated heterocycles. The SMILES string of the molecule is NCCCC1NC(CNC(=O)/C=C/c2ccc(Br)cc2)CCN(CC(c2ccccc2)c2ccccc2)C1=O. The molecule has 0 spiro atoms. The summed E-state index contributed by atoms with van der Waals surface area (Å²) in [6.07, 6.45) is 5.52. The number of nitrogens with two attached hydrogens (primary N) is 1. The Bertz CT molecular complexity index is 1180. The van der Waals surface area contributed by atoms with E-state index in [4.69, 9.17) is 5.73 Å². The highest BCUT2D eigenvalue weighted by atomic mass is 79.9. The minimum absolute atomic E-state index is 0.0151. The van der Waals surface area contributed by atoms with Crippen molar-refractivity contribution in [1.82, 2.24) is 15.5 Å². The molecule has 0 aromatic heterocycles. The van der Waals surface area contributed by atoms with E-state index in [1.807, 2.05) is 65.6 Å². The predicted octanol–water partition coefficient (Wildman–Crippen LogP) is 4.71. The molecular formula is C32H37BrN4O2. The zero-order valence-electron chi connectivity index (χ0n) is 22.1. The summed E-state index contributed by atoms with van der Waals surface area (Å²) >= 11 is 3.42. The number of carbonyl (C=O) groups excluding carboxylic acids is 2. The van der Waals surface area contributed by atoms with Gasteiger partial charge < -0.3 is 21.3 Å². The van der Waals surface area contributed by atoms with Gasteiger partial charge in [0.15, 0.2) is 0 Å². The van der Waals surface area contributed by atoms with Crippen LogP contribution in [0.15, 0.2) is 95.5 Å². The first-order valence-corrected chi connectivity index (χ1v) is 14.4. The van der Waals surface area contributed by atoms with Crippen molar-refractivity contribution in [3.63, 3.8) is 0 Å². The Hall–Kier alpha value is -3.26. The summed E-state index contributed by atoms with van der Waals surface area (Å²) in [6, 6.07) is 28.2. The van der Waals surface area contributed by atoms with Crippen LogP contribution >= 0.6 is 15.9 Å². The van der Waals surface area contributed by atoms with Crippen molar-refractivity contribution in [2.45, 2.75) is 37.3 Å². The van der Waals surface area contributed by atoms with Crippen LogP contribution in [0.3, 0.4) is 0 Å². The largest absolute Gasteiger partial charge is 0.351 e. The Morgan fingerprint density at radius 3 is 2.28 bits per heavy atom. The van der Waals surface area contributed by atoms with E-state index in [-0.39, 0.29) is 29.8 Å². The molecule has 2 atom stereocenters. The van der Waals surface area contributed by atoms with Gasteiger partial charge in [-0.3, -0.25) is 9.59 Å². The normalized spacial score (nSPS) is 17.9. The van der Waals surface area contributed by atoms with Crippen LogP contribution in [0, 0.1) is 0 Å². The monoisotopic (exact) mass is 588 g/mol. The molecule has 3 aromatic carbocycles. The summed E-state index contributed by atoms with van der Waals surface area (Å²) in [5, 5.41) is 6.54. The molecule has 39 heavy (non-hydrogen) atoms. The number of amides is 2. The molecule has 1 heterocycles. The lowest BCUT2D eigenvalue weighted by molar-refractivity contribution is -0.133. The third-order valence-corrected chi connectivity index (χ3v) is 7.65. The maximum Gasteiger partial charge on any atom is 0.244 e. The molecule has 3 aromatic rings. The quantitative estimate of drug-likeness (QED) is 0.283. The second-order valence-corrected chi connectivity index (χ2v) is 10.8. The Morgan fingerprint density at radius 2 is 1.67 bits per heavy atom. The number of carbonyl (C=O) groups is 2. The number of nitrogens with zero attached hydrogens (tertiary/aromatic N) is 1. The van der Waals surface area contributed by atoms with E-state index in [2.05, 4.69) is 50.8 Å². The van der Waals surface area contributed by atoms with Gasteiger partial charge in [0.25, 0.3) is 0 Å². The highest BCUT2D eigenvalue weighted by Crippen LogP contribution is 2.27. The maximum absolute atomic E-state index is 13.7. The van der Waals surface area contributed by atoms with Crippen LogP contribution in [0.25, 0.3) is 6.08 Å². The third-order valence-electron chi connectivity index (χ3n) is 7.12. The average Bonchev–Trinajstić information content (AvgIpc) is 3.12. The Labute approximate surface area is 239 Å². The summed E-state index contributed by atoms with van der Waals surface area (Å²) in [5.74, 6) is 0.0228. The number of benzene rings is 3. The highest BCUT2D eigenvalue weighted by Gasteiger charge is 2.32. The van der Waals surface area contributed by atoms with Crippen molar-refractivity contribution < 1.29 is 9.59 Å². The van der Waals surface area contributed by atoms with Gasteiger partial charge in [-0.15, -0.1) is 0 Å². The molecule has 2 amide bonds. The molecule has 0 bridgehead atoms. The van der Waals surface area contributed by atoms with Gasteiger partial charge in [0.1, 0.15) is 0 Å². The Balaban J connectivity index is 1.44. The zero-order valence-corrected chi connectivity index (χ0v) is 23.7. The van der Waals surface area contributed by atoms with Crippen LogP contribution in [0.5, 0.6) is 0 Å². The molecule has 204 valence electrons. The molecule has 6 nitrogen and oxygen atoms in total. The van der Waals surface area contributed by atoms with E-state index < -0.39 is 0 Å². The van der Waals surface area contributed by atoms with Crippen LogP contribution in [0.2, 0.25) is 0 Å². The van der Waals surface area contributed by atoms with E-state index in [1.165, 1.54) is 11.1 Å². The lowest BCUT2D eigenvalue weighted by Gasteiger charge is -2.29. The van der Waals surface area contributed by atoms with Crippen molar-refractivity contribution in [2.24, 2.45) is 5.73 Å². The molecule has 0 aliphatic carbocycles. The molecule has 1 aliphatic heterocycles. The Kier molecular flexibility index (Phi) is 10.9. The molecule has 0 radical (unpaired) electrons. The topological polar surface area (TPSA) is 87.5 Å². The lowest BCUT2D eigenvalue weighted by atomic mass is 9.90. The van der Waals surface area contributed by atoms with Gasteiger partial charge in [0.05, 0.1) is 6.04 Å². The van der Waals surface area contributed by atoms with Gasteiger partial charge in [-0.1, -0.05) is 88.7 Å². The standard InChI is InChI=1S/C32H37BrN4O2/c33-27-16-13-24(14-17-27)15-18-31(38)35-22-28-19-21-37(32(39)30(36-28)12-7-20-34)23-29(25-8-3-1-4-9-25)26-10-5-2-6-11-26/h1-6,8-11,13-18,28-30,36H,7,12,19-23,34H2,(H,35,38)/b18-15+. The van der Waals surface area contributed by atoms with E-state index in [0.29, 0.717) is 32.6 Å². The average molecular weight is 590 g/mol. The minimum Gasteiger partial charge on any atom is -0.351 e. The van der Waals surface area contributed by atoms with Crippen molar-refractivity contribution >= 4 is 33.8 Å². The maximum atomic E-state index is 13.7. The van der Waals surface area contributed by atoms with Crippen LogP contribution in [-0.2, 0) is 9.59 Å². The van der Waals surface area contributed by atoms with Gasteiger partial charge in [0.2, 0.25) is 11.8 Å². The summed E-state index contributed by atoms with van der Waals surface area (Å²) in [4.78, 5) is 28.3. The summed E-state index contributed by atoms with van der Waals surface area (Å²) in [5.41, 5.74) is 9.13. The van der Waals surface area contributed by atoms with Crippen LogP contribution in [-0.4, -0.2) is 55.0 Å². The molecule has 1 aliphatic rings. The first kappa shape index (κ1) is 28.7. The summed E-state index contributed by atoms with van der Waals surface area (Å²) < 4.78 is 0.996. The number of nitrogens with one attached hydrogen (secondary N) is 2. The second kappa shape index (κ2) is 14.8. The lowest BCUT2D eigenvalue weighted by Crippen LogP contribution is -2.49. The minimum atomic E-state index is -0.330. The van der Waals surface area contributed by atoms with E-state index >= 15 is 0 Å². The Morgan fingerprint density at radius 1 is 1.03 bits per heavy atom. The van der Waals surface area contributed by atoms with Crippen LogP contribution in [0.4, 0.5) is 0 Å². The van der Waals surface area contributed by atoms with Gasteiger partial charge in [-0.05, 0) is 60.7 Å². The number of halogens is 1. The molecule has 0 saturated carbocycles. The van der Waals surface area contributed by atoms with Crippen molar-refractivity contribution in [3.05, 3.63) is 112 Å². The molecule has 2 unspecified atom stereocenters. The third kappa shape index (κ3) is 8.62. The summed E-state index contributed by atoms with van der Waals surface area (Å²) in [7, 11) is 0. The smallest absolute Gasteiger partial charge is 0.244 e. The molecular weight excluding hydrogens is 552 g/mol. The van der Waals surface area contributed by atoms with E-state index in [0.717, 1.165) is 22.9 Å². The van der Waals surface area contributed by atoms with E-state index in [9.17, 15) is 9.59 Å². The van der Waals surface area contributed by atoms with Gasteiger partial charge in [-0.2, -0.15) is 0 Å². The molecule has 1 fully saturated rings. The molecule has 7 heteroatoms. The predicted molar refractivity (Wildman–Crippen MR) is 161 cm³/mol. The second-order valence-electron chi connectivity index (χ2n) is 9.92. The fraction of sp³-hybridized carbons (Fsp3) is 0.312. The van der Waals surface area contributed by atoms with Crippen molar-refractivity contribution in [3.8, 4) is 0 Å². The number of rotatable bonds is 11. The van der Waals surface area contributed by atoms with Gasteiger partial charge >= 0.3 is 0 Å². The fourth-order valence-corrected chi connectivity index (χ4v) is 5.24. The summed E-state index contributed by atoms with van der Waals surface area (Å²) in [6.45, 7) is 2.20. The van der Waals surface area contributed by atoms with Crippen LogP contribution < -0.4 is 16.4 Å². The molecule has 4 N–H and O–H groups in total. The van der Waals surface area contributed by atoms with E-state index in [1.54, 1.807) is 12.2 Å². The number of hydrogen-bond donors (Lipinski definition) is 3. The zero-order chi connectivity index (χ0) is 27.5. The number of hydrogen-bond acceptors (Lipinski definition) is 4. The van der Waals surface area contributed by atoms with Gasteiger partial charge in [0, 0.05) is 42.1 Å². The van der Waals surface area contributed by atoms with Crippen LogP contribution in [0.1, 0.15) is 41.9 Å².